The quantitative estimate of drug-likeness (QED) is 0.292. The summed E-state index contributed by atoms with van der Waals surface area (Å²) in [4.78, 5) is 0. The van der Waals surface area contributed by atoms with Gasteiger partial charge >= 0.3 is 0 Å². The van der Waals surface area contributed by atoms with Crippen LogP contribution < -0.4 is 0 Å². The van der Waals surface area contributed by atoms with E-state index in [1.165, 1.54) is 12.1 Å². The highest BCUT2D eigenvalue weighted by atomic mass is 19.1. The molecular formula is C24H16F2N2. The average Bonchev–Trinajstić information content (AvgIpc) is 3.10. The third kappa shape index (κ3) is 1.89. The van der Waals surface area contributed by atoms with Crippen LogP contribution in [0.15, 0.2) is 60.7 Å². The molecule has 2 heterocycles. The Labute approximate surface area is 159 Å². The van der Waals surface area contributed by atoms with E-state index in [4.69, 9.17) is 0 Å². The SMILES string of the molecule is Cn1c2ccc(F)cc2c2cc3cc4c(cc3cc21)c1cc(F)ccc1n4C. The van der Waals surface area contributed by atoms with Crippen LogP contribution in [0.3, 0.4) is 0 Å². The number of benzene rings is 4. The molecule has 136 valence electrons. The zero-order valence-electron chi connectivity index (χ0n) is 15.4. The number of halogens is 2. The van der Waals surface area contributed by atoms with Gasteiger partial charge in [-0.2, -0.15) is 0 Å². The minimum atomic E-state index is -0.230. The molecule has 0 aliphatic heterocycles. The zero-order valence-corrected chi connectivity index (χ0v) is 15.4. The fourth-order valence-corrected chi connectivity index (χ4v) is 4.60. The number of aromatic nitrogens is 2. The van der Waals surface area contributed by atoms with Crippen molar-refractivity contribution in [2.24, 2.45) is 14.1 Å². The molecule has 2 aromatic heterocycles. The van der Waals surface area contributed by atoms with E-state index in [0.717, 1.165) is 54.4 Å². The Hall–Kier alpha value is -3.40. The molecule has 0 amide bonds. The Kier molecular flexibility index (Phi) is 2.85. The Morgan fingerprint density at radius 2 is 0.893 bits per heavy atom. The Morgan fingerprint density at radius 1 is 0.500 bits per heavy atom. The van der Waals surface area contributed by atoms with Crippen LogP contribution in [0.25, 0.3) is 54.4 Å². The smallest absolute Gasteiger partial charge is 0.123 e. The lowest BCUT2D eigenvalue weighted by molar-refractivity contribution is 0.629. The third-order valence-corrected chi connectivity index (χ3v) is 6.01. The summed E-state index contributed by atoms with van der Waals surface area (Å²) in [5.74, 6) is -0.461. The summed E-state index contributed by atoms with van der Waals surface area (Å²) in [6.07, 6.45) is 0. The second kappa shape index (κ2) is 5.10. The van der Waals surface area contributed by atoms with Gasteiger partial charge in [-0.3, -0.25) is 0 Å². The molecule has 4 heteroatoms. The number of rotatable bonds is 0. The third-order valence-electron chi connectivity index (χ3n) is 6.01. The molecule has 0 saturated carbocycles. The number of fused-ring (bicyclic) bond motifs is 7. The van der Waals surface area contributed by atoms with E-state index in [-0.39, 0.29) is 11.6 Å². The molecule has 0 fully saturated rings. The van der Waals surface area contributed by atoms with Crippen molar-refractivity contribution in [2.75, 3.05) is 0 Å². The van der Waals surface area contributed by atoms with Gasteiger partial charge in [0.25, 0.3) is 0 Å². The molecule has 0 unspecified atom stereocenters. The van der Waals surface area contributed by atoms with Gasteiger partial charge in [0.2, 0.25) is 0 Å². The molecule has 0 bridgehead atoms. The van der Waals surface area contributed by atoms with Crippen LogP contribution in [0, 0.1) is 11.6 Å². The molecule has 2 nitrogen and oxygen atoms in total. The molecule has 6 rings (SSSR count). The van der Waals surface area contributed by atoms with Gasteiger partial charge in [0, 0.05) is 57.7 Å². The molecule has 4 aromatic carbocycles. The molecule has 0 spiro atoms. The van der Waals surface area contributed by atoms with Gasteiger partial charge in [-0.05, 0) is 71.4 Å². The predicted molar refractivity (Wildman–Crippen MR) is 112 cm³/mol. The number of hydrogen-bond donors (Lipinski definition) is 0. The Bertz CT molecular complexity index is 1480. The summed E-state index contributed by atoms with van der Waals surface area (Å²) in [6, 6.07) is 18.4. The lowest BCUT2D eigenvalue weighted by Gasteiger charge is -2.04. The number of nitrogens with zero attached hydrogens (tertiary/aromatic N) is 2. The summed E-state index contributed by atoms with van der Waals surface area (Å²) in [6.45, 7) is 0. The molecule has 0 saturated heterocycles. The van der Waals surface area contributed by atoms with E-state index in [1.807, 2.05) is 26.2 Å². The highest BCUT2D eigenvalue weighted by Crippen LogP contribution is 2.36. The summed E-state index contributed by atoms with van der Waals surface area (Å²) < 4.78 is 31.9. The molecule has 28 heavy (non-hydrogen) atoms. The summed E-state index contributed by atoms with van der Waals surface area (Å²) in [7, 11) is 4.00. The maximum absolute atomic E-state index is 13.9. The average molecular weight is 370 g/mol. The van der Waals surface area contributed by atoms with Gasteiger partial charge in [-0.1, -0.05) is 0 Å². The largest absolute Gasteiger partial charge is 0.344 e. The lowest BCUT2D eigenvalue weighted by Crippen LogP contribution is -1.88. The van der Waals surface area contributed by atoms with Crippen LogP contribution in [0.4, 0.5) is 8.78 Å². The van der Waals surface area contributed by atoms with E-state index < -0.39 is 0 Å². The summed E-state index contributed by atoms with van der Waals surface area (Å²) >= 11 is 0. The fraction of sp³-hybridized carbons (Fsp3) is 0.0833. The molecule has 0 N–H and O–H groups in total. The van der Waals surface area contributed by atoms with Crippen LogP contribution >= 0.6 is 0 Å². The van der Waals surface area contributed by atoms with Crippen LogP contribution in [0.5, 0.6) is 0 Å². The van der Waals surface area contributed by atoms with Crippen molar-refractivity contribution in [3.05, 3.63) is 72.3 Å². The molecule has 0 aliphatic carbocycles. The monoisotopic (exact) mass is 370 g/mol. The maximum atomic E-state index is 13.9. The Morgan fingerprint density at radius 3 is 1.32 bits per heavy atom. The summed E-state index contributed by atoms with van der Waals surface area (Å²) in [5.41, 5.74) is 4.12. The van der Waals surface area contributed by atoms with E-state index >= 15 is 0 Å². The minimum Gasteiger partial charge on any atom is -0.344 e. The molecule has 0 atom stereocenters. The minimum absolute atomic E-state index is 0.230. The first-order valence-electron chi connectivity index (χ1n) is 9.20. The van der Waals surface area contributed by atoms with Crippen molar-refractivity contribution in [1.82, 2.24) is 9.13 Å². The summed E-state index contributed by atoms with van der Waals surface area (Å²) in [5, 5.41) is 6.07. The van der Waals surface area contributed by atoms with Gasteiger partial charge in [-0.25, -0.2) is 8.78 Å². The van der Waals surface area contributed by atoms with Crippen molar-refractivity contribution in [3.63, 3.8) is 0 Å². The molecule has 6 aromatic rings. The topological polar surface area (TPSA) is 9.86 Å². The normalized spacial score (nSPS) is 12.3. The van der Waals surface area contributed by atoms with Crippen molar-refractivity contribution < 1.29 is 8.78 Å². The van der Waals surface area contributed by atoms with Crippen molar-refractivity contribution >= 4 is 54.4 Å². The molecule has 0 radical (unpaired) electrons. The van der Waals surface area contributed by atoms with Crippen LogP contribution in [0.1, 0.15) is 0 Å². The van der Waals surface area contributed by atoms with E-state index in [9.17, 15) is 8.78 Å². The van der Waals surface area contributed by atoms with Crippen LogP contribution in [0.2, 0.25) is 0 Å². The van der Waals surface area contributed by atoms with Gasteiger partial charge in [0.05, 0.1) is 0 Å². The van der Waals surface area contributed by atoms with Gasteiger partial charge in [-0.15, -0.1) is 0 Å². The van der Waals surface area contributed by atoms with Gasteiger partial charge in [0.15, 0.2) is 0 Å². The highest BCUT2D eigenvalue weighted by Gasteiger charge is 2.14. The second-order valence-corrected chi connectivity index (χ2v) is 7.53. The van der Waals surface area contributed by atoms with Gasteiger partial charge < -0.3 is 9.13 Å². The Balaban J connectivity index is 1.81. The van der Waals surface area contributed by atoms with Crippen molar-refractivity contribution in [3.8, 4) is 0 Å². The van der Waals surface area contributed by atoms with Crippen LogP contribution in [-0.4, -0.2) is 9.13 Å². The number of hydrogen-bond acceptors (Lipinski definition) is 0. The standard InChI is InChI=1S/C24H16F2N2/c1-27-21-5-3-15(25)11-19(21)17-7-14-10-24-18(8-13(14)9-23(17)27)20-12-16(26)4-6-22(20)28(24)2/h3-12H,1-2H3. The van der Waals surface area contributed by atoms with Crippen molar-refractivity contribution in [2.45, 2.75) is 0 Å². The fourth-order valence-electron chi connectivity index (χ4n) is 4.60. The molecule has 0 aliphatic rings. The van der Waals surface area contributed by atoms with E-state index in [2.05, 4.69) is 33.4 Å². The first-order valence-corrected chi connectivity index (χ1v) is 9.20. The van der Waals surface area contributed by atoms with Crippen molar-refractivity contribution in [1.29, 1.82) is 0 Å². The first-order chi connectivity index (χ1) is 13.5. The van der Waals surface area contributed by atoms with E-state index in [0.29, 0.717) is 0 Å². The zero-order chi connectivity index (χ0) is 19.2. The highest BCUT2D eigenvalue weighted by molar-refractivity contribution is 6.17. The number of aryl methyl sites for hydroxylation is 2. The lowest BCUT2D eigenvalue weighted by atomic mass is 10.0. The van der Waals surface area contributed by atoms with Gasteiger partial charge in [0.1, 0.15) is 11.6 Å². The molecular weight excluding hydrogens is 354 g/mol. The maximum Gasteiger partial charge on any atom is 0.123 e. The first kappa shape index (κ1) is 15.6. The van der Waals surface area contributed by atoms with Crippen LogP contribution in [-0.2, 0) is 14.1 Å². The predicted octanol–water partition coefficient (Wildman–Crippen LogP) is 6.41. The van der Waals surface area contributed by atoms with E-state index in [1.54, 1.807) is 12.1 Å². The second-order valence-electron chi connectivity index (χ2n) is 7.53.